The molecular formula is C27H44Cl3NO6Si2. The Bertz CT molecular complexity index is 994. The van der Waals surface area contributed by atoms with Crippen LogP contribution in [0.3, 0.4) is 0 Å². The van der Waals surface area contributed by atoms with Crippen LogP contribution in [0.1, 0.15) is 53.4 Å². The molecule has 2 fully saturated rings. The Morgan fingerprint density at radius 3 is 1.85 bits per heavy atom. The van der Waals surface area contributed by atoms with Crippen molar-refractivity contribution in [1.82, 2.24) is 0 Å². The van der Waals surface area contributed by atoms with Gasteiger partial charge in [0.1, 0.15) is 24.4 Å². The largest absolute Gasteiger partial charge is 0.445 e. The molecule has 2 aliphatic rings. The molecule has 0 spiro atoms. The Morgan fingerprint density at radius 1 is 0.846 bits per heavy atom. The first-order valence-corrected chi connectivity index (χ1v) is 20.2. The van der Waals surface area contributed by atoms with Gasteiger partial charge in [0.2, 0.25) is 12.2 Å². The zero-order chi connectivity index (χ0) is 29.6. The number of ether oxygens (including phenoxy) is 4. The maximum Gasteiger partial charge on any atom is 0.265 e. The lowest BCUT2D eigenvalue weighted by atomic mass is 9.98. The lowest BCUT2D eigenvalue weighted by Gasteiger charge is -2.54. The van der Waals surface area contributed by atoms with E-state index in [0.717, 1.165) is 5.56 Å². The molecule has 0 unspecified atom stereocenters. The monoisotopic (exact) mass is 639 g/mol. The molecule has 0 radical (unpaired) electrons. The van der Waals surface area contributed by atoms with E-state index >= 15 is 0 Å². The Morgan fingerprint density at radius 2 is 1.36 bits per heavy atom. The van der Waals surface area contributed by atoms with Crippen LogP contribution in [0.15, 0.2) is 30.3 Å². The first kappa shape index (κ1) is 33.3. The second-order valence-electron chi connectivity index (χ2n) is 13.3. The van der Waals surface area contributed by atoms with Crippen molar-refractivity contribution >= 4 is 57.3 Å². The summed E-state index contributed by atoms with van der Waals surface area (Å²) in [5.74, 6) is -0.550. The fraction of sp³-hybridized carbons (Fsp3) is 0.741. The highest BCUT2D eigenvalue weighted by atomic mass is 35.6. The molecule has 222 valence electrons. The van der Waals surface area contributed by atoms with E-state index in [1.807, 2.05) is 30.3 Å². The van der Waals surface area contributed by atoms with Crippen molar-refractivity contribution in [1.29, 1.82) is 5.41 Å². The van der Waals surface area contributed by atoms with Gasteiger partial charge in [0, 0.05) is 5.56 Å². The van der Waals surface area contributed by atoms with Crippen molar-refractivity contribution in [3.05, 3.63) is 35.9 Å². The van der Waals surface area contributed by atoms with Crippen LogP contribution < -0.4 is 0 Å². The molecule has 0 bridgehead atoms. The molecule has 0 amide bonds. The normalized spacial score (nSPS) is 29.1. The van der Waals surface area contributed by atoms with Gasteiger partial charge in [-0.15, -0.1) is 0 Å². The molecule has 39 heavy (non-hydrogen) atoms. The van der Waals surface area contributed by atoms with E-state index in [1.54, 1.807) is 0 Å². The topological polar surface area (TPSA) is 79.2 Å². The number of rotatable bonds is 6. The smallest absolute Gasteiger partial charge is 0.265 e. The minimum atomic E-state index is -2.41. The molecule has 2 saturated heterocycles. The van der Waals surface area contributed by atoms with Crippen LogP contribution in [0.25, 0.3) is 0 Å². The summed E-state index contributed by atoms with van der Waals surface area (Å²) in [5, 5.41) is 8.09. The first-order valence-electron chi connectivity index (χ1n) is 13.3. The molecule has 0 aliphatic carbocycles. The minimum absolute atomic E-state index is 0.0903. The summed E-state index contributed by atoms with van der Waals surface area (Å²) >= 11 is 18.0. The van der Waals surface area contributed by atoms with E-state index in [9.17, 15) is 0 Å². The van der Waals surface area contributed by atoms with Gasteiger partial charge in [-0.1, -0.05) is 107 Å². The molecule has 2 heterocycles. The summed E-state index contributed by atoms with van der Waals surface area (Å²) in [6.07, 6.45) is -4.06. The fourth-order valence-electron chi connectivity index (χ4n) is 3.90. The fourth-order valence-corrected chi connectivity index (χ4v) is 6.61. The molecule has 6 atom stereocenters. The highest BCUT2D eigenvalue weighted by Gasteiger charge is 2.57. The van der Waals surface area contributed by atoms with Crippen LogP contribution in [0.4, 0.5) is 0 Å². The Labute approximate surface area is 250 Å². The number of alkyl halides is 3. The van der Waals surface area contributed by atoms with Gasteiger partial charge in [-0.3, -0.25) is 5.41 Å². The summed E-state index contributed by atoms with van der Waals surface area (Å²) in [7, 11) is -4.78. The summed E-state index contributed by atoms with van der Waals surface area (Å²) < 4.78 is 37.0. The van der Waals surface area contributed by atoms with Crippen LogP contribution in [0, 0.1) is 5.41 Å². The summed E-state index contributed by atoms with van der Waals surface area (Å²) in [6, 6.07) is 9.79. The highest BCUT2D eigenvalue weighted by Crippen LogP contribution is 2.46. The van der Waals surface area contributed by atoms with Gasteiger partial charge in [0.25, 0.3) is 3.79 Å². The average molecular weight is 641 g/mol. The molecule has 0 aromatic heterocycles. The number of halogens is 3. The van der Waals surface area contributed by atoms with Gasteiger partial charge in [-0.25, -0.2) is 0 Å². The number of nitrogens with one attached hydrogen (secondary N) is 1. The maximum absolute atomic E-state index is 8.30. The number of benzene rings is 1. The standard InChI is InChI=1S/C27H44Cl3NO6Si2/c1-25(2,3)38(7,8)36-20-19-18(16-32-22(34-19)17-14-12-11-13-15-17)33-23(35-24(31)27(28,29)30)21(20)37-39(9,10)26(4,5)6/h11-15,18-23,31H,16H2,1-10H3/t18-,19-,20+,21-,22-,23-/m1/s1. The van der Waals surface area contributed by atoms with Crippen molar-refractivity contribution in [2.45, 2.75) is 119 Å². The zero-order valence-electron chi connectivity index (χ0n) is 24.6. The van der Waals surface area contributed by atoms with E-state index in [2.05, 4.69) is 67.7 Å². The third-order valence-corrected chi connectivity index (χ3v) is 17.8. The predicted molar refractivity (Wildman–Crippen MR) is 162 cm³/mol. The zero-order valence-corrected chi connectivity index (χ0v) is 28.9. The van der Waals surface area contributed by atoms with Gasteiger partial charge in [-0.05, 0) is 36.3 Å². The van der Waals surface area contributed by atoms with Gasteiger partial charge in [0.05, 0.1) is 6.61 Å². The van der Waals surface area contributed by atoms with Gasteiger partial charge in [-0.2, -0.15) is 0 Å². The van der Waals surface area contributed by atoms with Crippen molar-refractivity contribution in [2.24, 2.45) is 0 Å². The van der Waals surface area contributed by atoms with E-state index in [0.29, 0.717) is 0 Å². The third kappa shape index (κ3) is 7.80. The minimum Gasteiger partial charge on any atom is -0.445 e. The van der Waals surface area contributed by atoms with Crippen molar-refractivity contribution in [3.8, 4) is 0 Å². The molecule has 1 aromatic carbocycles. The van der Waals surface area contributed by atoms with Gasteiger partial charge in [0.15, 0.2) is 22.9 Å². The van der Waals surface area contributed by atoms with Crippen molar-refractivity contribution < 1.29 is 27.8 Å². The molecule has 1 N–H and O–H groups in total. The molecule has 2 aliphatic heterocycles. The first-order chi connectivity index (χ1) is 17.6. The van der Waals surface area contributed by atoms with E-state index < -0.39 is 63.3 Å². The Balaban J connectivity index is 2.08. The Hall–Kier alpha value is -0.206. The van der Waals surface area contributed by atoms with Crippen molar-refractivity contribution in [3.63, 3.8) is 0 Å². The summed E-state index contributed by atoms with van der Waals surface area (Å²) in [5.41, 5.74) is 0.903. The predicted octanol–water partition coefficient (Wildman–Crippen LogP) is 7.97. The molecule has 12 heteroatoms. The van der Waals surface area contributed by atoms with Gasteiger partial charge < -0.3 is 27.8 Å². The van der Waals surface area contributed by atoms with Crippen molar-refractivity contribution in [2.75, 3.05) is 6.61 Å². The van der Waals surface area contributed by atoms with E-state index in [4.69, 9.17) is 68.0 Å². The second-order valence-corrected chi connectivity index (χ2v) is 25.1. The van der Waals surface area contributed by atoms with Crippen LogP contribution >= 0.6 is 34.8 Å². The summed E-state index contributed by atoms with van der Waals surface area (Å²) in [6.45, 7) is 21.9. The molecule has 3 rings (SSSR count). The van der Waals surface area contributed by atoms with Crippen LogP contribution in [0.5, 0.6) is 0 Å². The third-order valence-electron chi connectivity index (χ3n) is 8.32. The second kappa shape index (κ2) is 11.8. The van der Waals surface area contributed by atoms with E-state index in [1.165, 1.54) is 0 Å². The molecule has 0 saturated carbocycles. The maximum atomic E-state index is 8.30. The highest BCUT2D eigenvalue weighted by molar-refractivity contribution is 6.76. The molecule has 1 aromatic rings. The van der Waals surface area contributed by atoms with Crippen LogP contribution in [-0.4, -0.2) is 63.6 Å². The number of fused-ring (bicyclic) bond motifs is 1. The van der Waals surface area contributed by atoms with Gasteiger partial charge >= 0.3 is 0 Å². The lowest BCUT2D eigenvalue weighted by Crippen LogP contribution is -2.68. The summed E-state index contributed by atoms with van der Waals surface area (Å²) in [4.78, 5) is 0. The lowest BCUT2D eigenvalue weighted by molar-refractivity contribution is -0.348. The number of hydrogen-bond donors (Lipinski definition) is 1. The molecule has 7 nitrogen and oxygen atoms in total. The SMILES string of the molecule is CC(C)(C)[Si](C)(C)O[C@@H]1[C@@H](O[Si](C)(C)C(C)(C)C)[C@@H](OC(=N)C(Cl)(Cl)Cl)O[C@@H]2CO[C@@H](c3ccccc3)O[C@@H]12. The number of hydrogen-bond acceptors (Lipinski definition) is 7. The average Bonchev–Trinajstić information content (AvgIpc) is 2.79. The van der Waals surface area contributed by atoms with Crippen LogP contribution in [-0.2, 0) is 27.8 Å². The Kier molecular flexibility index (Phi) is 10.1. The molecular weight excluding hydrogens is 597 g/mol. The van der Waals surface area contributed by atoms with E-state index in [-0.39, 0.29) is 16.7 Å². The van der Waals surface area contributed by atoms with Crippen LogP contribution in [0.2, 0.25) is 36.3 Å². The quantitative estimate of drug-likeness (QED) is 0.147.